The number of nitrogens with one attached hydrogen (secondary N) is 2. The first kappa shape index (κ1) is 23.2. The van der Waals surface area contributed by atoms with Crippen LogP contribution in [0.4, 0.5) is 0 Å². The summed E-state index contributed by atoms with van der Waals surface area (Å²) < 4.78 is 33.7. The standard InChI is InChI=1S/C21H27ClN2O4S/c1-3-5-13-23-21(25)19(14-16-9-7-6-8-10-16)24-29(26,27)17-11-12-20(28-4-2)18(22)15-17/h6-12,15,19,24H,3-5,13-14H2,1-2H3,(H,23,25)/t19-/m0/s1. The maximum Gasteiger partial charge on any atom is 0.241 e. The summed E-state index contributed by atoms with van der Waals surface area (Å²) >= 11 is 6.13. The first-order chi connectivity index (χ1) is 13.9. The Balaban J connectivity index is 2.23. The van der Waals surface area contributed by atoms with Gasteiger partial charge in [0, 0.05) is 6.54 Å². The van der Waals surface area contributed by atoms with Crippen molar-refractivity contribution in [2.75, 3.05) is 13.2 Å². The van der Waals surface area contributed by atoms with Crippen LogP contribution in [-0.2, 0) is 21.2 Å². The van der Waals surface area contributed by atoms with Crippen molar-refractivity contribution in [3.8, 4) is 5.75 Å². The van der Waals surface area contributed by atoms with Gasteiger partial charge in [-0.05, 0) is 43.5 Å². The third-order valence-corrected chi connectivity index (χ3v) is 6.00. The molecule has 0 aliphatic carbocycles. The fourth-order valence-corrected chi connectivity index (χ4v) is 4.25. The van der Waals surface area contributed by atoms with Crippen LogP contribution >= 0.6 is 11.6 Å². The van der Waals surface area contributed by atoms with Crippen molar-refractivity contribution in [3.63, 3.8) is 0 Å². The Hall–Kier alpha value is -2.09. The van der Waals surface area contributed by atoms with E-state index in [-0.39, 0.29) is 22.2 Å². The first-order valence-electron chi connectivity index (χ1n) is 9.63. The van der Waals surface area contributed by atoms with Gasteiger partial charge in [0.2, 0.25) is 15.9 Å². The lowest BCUT2D eigenvalue weighted by Gasteiger charge is -2.19. The summed E-state index contributed by atoms with van der Waals surface area (Å²) in [6, 6.07) is 12.6. The summed E-state index contributed by atoms with van der Waals surface area (Å²) in [7, 11) is -3.96. The number of ether oxygens (including phenoxy) is 1. The minimum Gasteiger partial charge on any atom is -0.492 e. The highest BCUT2D eigenvalue weighted by Crippen LogP contribution is 2.27. The zero-order chi connectivity index (χ0) is 21.3. The Kier molecular flexibility index (Phi) is 8.95. The molecule has 0 saturated heterocycles. The highest BCUT2D eigenvalue weighted by atomic mass is 35.5. The van der Waals surface area contributed by atoms with Crippen LogP contribution in [0.15, 0.2) is 53.4 Å². The normalized spacial score (nSPS) is 12.4. The lowest BCUT2D eigenvalue weighted by Crippen LogP contribution is -2.48. The molecule has 0 aliphatic rings. The van der Waals surface area contributed by atoms with Crippen LogP contribution in [0, 0.1) is 0 Å². The molecule has 1 atom stereocenters. The average Bonchev–Trinajstić information content (AvgIpc) is 2.70. The van der Waals surface area contributed by atoms with E-state index in [1.54, 1.807) is 0 Å². The number of amides is 1. The maximum absolute atomic E-state index is 12.9. The smallest absolute Gasteiger partial charge is 0.241 e. The Morgan fingerprint density at radius 2 is 1.86 bits per heavy atom. The molecule has 2 aromatic carbocycles. The van der Waals surface area contributed by atoms with E-state index in [1.807, 2.05) is 44.2 Å². The van der Waals surface area contributed by atoms with Crippen LogP contribution in [-0.4, -0.2) is 33.5 Å². The van der Waals surface area contributed by atoms with E-state index in [2.05, 4.69) is 10.0 Å². The van der Waals surface area contributed by atoms with Crippen molar-refractivity contribution in [2.24, 2.45) is 0 Å². The minimum atomic E-state index is -3.96. The number of unbranched alkanes of at least 4 members (excludes halogenated alkanes) is 1. The molecule has 0 heterocycles. The number of carbonyl (C=O) groups excluding carboxylic acids is 1. The number of rotatable bonds is 11. The quantitative estimate of drug-likeness (QED) is 0.525. The van der Waals surface area contributed by atoms with E-state index in [1.165, 1.54) is 18.2 Å². The number of benzene rings is 2. The largest absolute Gasteiger partial charge is 0.492 e. The summed E-state index contributed by atoms with van der Waals surface area (Å²) in [5, 5.41) is 3.00. The molecule has 0 radical (unpaired) electrons. The Bertz CT molecular complexity index is 904. The van der Waals surface area contributed by atoms with E-state index < -0.39 is 16.1 Å². The lowest BCUT2D eigenvalue weighted by molar-refractivity contribution is -0.122. The lowest BCUT2D eigenvalue weighted by atomic mass is 10.1. The molecule has 0 bridgehead atoms. The predicted molar refractivity (Wildman–Crippen MR) is 115 cm³/mol. The first-order valence-corrected chi connectivity index (χ1v) is 11.5. The molecule has 2 aromatic rings. The molecule has 0 unspecified atom stereocenters. The Morgan fingerprint density at radius 3 is 2.48 bits per heavy atom. The van der Waals surface area contributed by atoms with Crippen molar-refractivity contribution < 1.29 is 17.9 Å². The van der Waals surface area contributed by atoms with E-state index in [4.69, 9.17) is 16.3 Å². The molecular formula is C21H27ClN2O4S. The number of hydrogen-bond acceptors (Lipinski definition) is 4. The number of halogens is 1. The third-order valence-electron chi connectivity index (χ3n) is 4.24. The second kappa shape index (κ2) is 11.2. The molecule has 1 amide bonds. The van der Waals surface area contributed by atoms with Gasteiger partial charge in [-0.1, -0.05) is 55.3 Å². The summed E-state index contributed by atoms with van der Waals surface area (Å²) in [5.74, 6) is 0.0502. The molecule has 0 aliphatic heterocycles. The highest BCUT2D eigenvalue weighted by Gasteiger charge is 2.26. The maximum atomic E-state index is 12.9. The van der Waals surface area contributed by atoms with Gasteiger partial charge in [-0.15, -0.1) is 0 Å². The van der Waals surface area contributed by atoms with Gasteiger partial charge in [-0.3, -0.25) is 4.79 Å². The van der Waals surface area contributed by atoms with Crippen molar-refractivity contribution >= 4 is 27.5 Å². The Morgan fingerprint density at radius 1 is 1.14 bits per heavy atom. The SMILES string of the molecule is CCCCNC(=O)[C@H](Cc1ccccc1)NS(=O)(=O)c1ccc(OCC)c(Cl)c1. The zero-order valence-corrected chi connectivity index (χ0v) is 18.2. The summed E-state index contributed by atoms with van der Waals surface area (Å²) in [5.41, 5.74) is 0.857. The summed E-state index contributed by atoms with van der Waals surface area (Å²) in [6.07, 6.45) is 1.99. The molecule has 0 saturated carbocycles. The van der Waals surface area contributed by atoms with Gasteiger partial charge in [0.1, 0.15) is 11.8 Å². The predicted octanol–water partition coefficient (Wildman–Crippen LogP) is 3.54. The molecule has 0 aromatic heterocycles. The number of hydrogen-bond donors (Lipinski definition) is 2. The van der Waals surface area contributed by atoms with Crippen LogP contribution in [0.25, 0.3) is 0 Å². The molecule has 2 N–H and O–H groups in total. The van der Waals surface area contributed by atoms with Crippen LogP contribution < -0.4 is 14.8 Å². The molecule has 29 heavy (non-hydrogen) atoms. The molecule has 0 spiro atoms. The molecule has 6 nitrogen and oxygen atoms in total. The van der Waals surface area contributed by atoms with Gasteiger partial charge in [0.05, 0.1) is 16.5 Å². The van der Waals surface area contributed by atoms with Gasteiger partial charge in [0.25, 0.3) is 0 Å². The monoisotopic (exact) mass is 438 g/mol. The van der Waals surface area contributed by atoms with Gasteiger partial charge in [-0.25, -0.2) is 8.42 Å². The molecule has 0 fully saturated rings. The van der Waals surface area contributed by atoms with E-state index in [9.17, 15) is 13.2 Å². The van der Waals surface area contributed by atoms with Crippen LogP contribution in [0.5, 0.6) is 5.75 Å². The van der Waals surface area contributed by atoms with Crippen molar-refractivity contribution in [1.29, 1.82) is 0 Å². The number of carbonyl (C=O) groups is 1. The van der Waals surface area contributed by atoms with Gasteiger partial charge < -0.3 is 10.1 Å². The second-order valence-electron chi connectivity index (χ2n) is 6.53. The van der Waals surface area contributed by atoms with Crippen molar-refractivity contribution in [1.82, 2.24) is 10.0 Å². The van der Waals surface area contributed by atoms with Gasteiger partial charge >= 0.3 is 0 Å². The molecular weight excluding hydrogens is 412 g/mol. The minimum absolute atomic E-state index is 0.0228. The van der Waals surface area contributed by atoms with E-state index >= 15 is 0 Å². The fourth-order valence-electron chi connectivity index (χ4n) is 2.73. The van der Waals surface area contributed by atoms with Crippen LogP contribution in [0.1, 0.15) is 32.3 Å². The second-order valence-corrected chi connectivity index (χ2v) is 8.65. The van der Waals surface area contributed by atoms with Gasteiger partial charge in [0.15, 0.2) is 0 Å². The Labute approximate surface area is 177 Å². The van der Waals surface area contributed by atoms with E-state index in [0.29, 0.717) is 18.9 Å². The number of sulfonamides is 1. The summed E-state index contributed by atoms with van der Waals surface area (Å²) in [4.78, 5) is 12.6. The fraction of sp³-hybridized carbons (Fsp3) is 0.381. The van der Waals surface area contributed by atoms with Crippen molar-refractivity contribution in [3.05, 3.63) is 59.1 Å². The molecule has 8 heteroatoms. The van der Waals surface area contributed by atoms with Gasteiger partial charge in [-0.2, -0.15) is 4.72 Å². The van der Waals surface area contributed by atoms with E-state index in [0.717, 1.165) is 18.4 Å². The van der Waals surface area contributed by atoms with Crippen molar-refractivity contribution in [2.45, 2.75) is 44.0 Å². The molecule has 2 rings (SSSR count). The molecule has 158 valence electrons. The summed E-state index contributed by atoms with van der Waals surface area (Å²) in [6.45, 7) is 4.75. The highest BCUT2D eigenvalue weighted by molar-refractivity contribution is 7.89. The average molecular weight is 439 g/mol. The third kappa shape index (κ3) is 7.03. The topological polar surface area (TPSA) is 84.5 Å². The van der Waals surface area contributed by atoms with Crippen LogP contribution in [0.2, 0.25) is 5.02 Å². The van der Waals surface area contributed by atoms with Crippen LogP contribution in [0.3, 0.4) is 0 Å². The zero-order valence-electron chi connectivity index (χ0n) is 16.7.